The molecule has 0 bridgehead atoms. The van der Waals surface area contributed by atoms with Crippen molar-refractivity contribution in [2.75, 3.05) is 13.1 Å². The Morgan fingerprint density at radius 1 is 1.00 bits per heavy atom. The highest BCUT2D eigenvalue weighted by molar-refractivity contribution is 5.64. The second kappa shape index (κ2) is 7.61. The largest absolute Gasteiger partial charge is 0.457 e. The molecular formula is C19H21F2N3O. The topological polar surface area (TPSA) is 36.9 Å². The summed E-state index contributed by atoms with van der Waals surface area (Å²) >= 11 is 0. The van der Waals surface area contributed by atoms with E-state index in [9.17, 15) is 8.78 Å². The molecule has 0 atom stereocenters. The molecule has 4 nitrogen and oxygen atoms in total. The molecule has 1 N–H and O–H groups in total. The third-order valence-corrected chi connectivity index (χ3v) is 4.11. The van der Waals surface area contributed by atoms with Crippen molar-refractivity contribution in [3.8, 4) is 11.5 Å². The van der Waals surface area contributed by atoms with Gasteiger partial charge in [0.2, 0.25) is 0 Å². The molecule has 0 spiro atoms. The first-order valence-corrected chi connectivity index (χ1v) is 8.30. The predicted molar refractivity (Wildman–Crippen MR) is 94.4 cm³/mol. The molecule has 1 aliphatic heterocycles. The number of benzene rings is 2. The van der Waals surface area contributed by atoms with E-state index in [1.165, 1.54) is 12.8 Å². The summed E-state index contributed by atoms with van der Waals surface area (Å²) in [6.07, 6.45) is 4.09. The van der Waals surface area contributed by atoms with Crippen molar-refractivity contribution in [3.05, 3.63) is 53.1 Å². The lowest BCUT2D eigenvalue weighted by Gasteiger charge is -2.14. The van der Waals surface area contributed by atoms with Crippen LogP contribution in [0.2, 0.25) is 0 Å². The highest BCUT2D eigenvalue weighted by atomic mass is 19.1. The molecule has 2 aromatic rings. The fourth-order valence-corrected chi connectivity index (χ4v) is 2.76. The second-order valence-corrected chi connectivity index (χ2v) is 6.19. The summed E-state index contributed by atoms with van der Waals surface area (Å²) in [4.78, 5) is 4.45. The number of hydrogen-bond acceptors (Lipinski definition) is 3. The lowest BCUT2D eigenvalue weighted by atomic mass is 10.1. The normalized spacial score (nSPS) is 15.0. The Morgan fingerprint density at radius 3 is 2.36 bits per heavy atom. The molecule has 0 radical (unpaired) electrons. The lowest BCUT2D eigenvalue weighted by Crippen LogP contribution is -2.33. The molecule has 1 heterocycles. The van der Waals surface area contributed by atoms with E-state index in [1.807, 2.05) is 26.0 Å². The summed E-state index contributed by atoms with van der Waals surface area (Å²) in [5, 5.41) is 2.13. The molecule has 25 heavy (non-hydrogen) atoms. The van der Waals surface area contributed by atoms with Gasteiger partial charge in [-0.2, -0.15) is 0 Å². The summed E-state index contributed by atoms with van der Waals surface area (Å²) in [7, 11) is 0. The molecule has 1 aliphatic rings. The molecule has 0 unspecified atom stereocenters. The molecule has 0 aliphatic carbocycles. The molecule has 1 fully saturated rings. The Balaban J connectivity index is 1.73. The fraction of sp³-hybridized carbons (Fsp3) is 0.316. The SMILES string of the molecule is Cc1cc(Oc2cc(F)cc(F)c2)c(C)cc1/N=C/NN1CCCC1. The first-order valence-electron chi connectivity index (χ1n) is 8.30. The van der Waals surface area contributed by atoms with Crippen LogP contribution < -0.4 is 10.2 Å². The van der Waals surface area contributed by atoms with E-state index in [2.05, 4.69) is 15.4 Å². The monoisotopic (exact) mass is 345 g/mol. The Bertz CT molecular complexity index is 766. The van der Waals surface area contributed by atoms with Gasteiger partial charge in [0, 0.05) is 31.3 Å². The number of halogens is 2. The van der Waals surface area contributed by atoms with Gasteiger partial charge in [-0.05, 0) is 49.9 Å². The van der Waals surface area contributed by atoms with Gasteiger partial charge in [-0.1, -0.05) is 0 Å². The van der Waals surface area contributed by atoms with E-state index in [0.717, 1.165) is 48.1 Å². The third-order valence-electron chi connectivity index (χ3n) is 4.11. The number of nitrogens with zero attached hydrogens (tertiary/aromatic N) is 2. The van der Waals surface area contributed by atoms with Gasteiger partial charge < -0.3 is 10.2 Å². The standard InChI is InChI=1S/C19H21F2N3O/c1-13-8-19(25-17-10-15(20)9-16(21)11-17)14(2)7-18(13)22-12-23-24-5-3-4-6-24/h7-12H,3-6H2,1-2H3,(H,22,23). The zero-order valence-electron chi connectivity index (χ0n) is 14.4. The van der Waals surface area contributed by atoms with E-state index >= 15 is 0 Å². The molecule has 0 aromatic heterocycles. The van der Waals surface area contributed by atoms with Crippen LogP contribution in [-0.2, 0) is 0 Å². The number of ether oxygens (including phenoxy) is 1. The minimum Gasteiger partial charge on any atom is -0.457 e. The van der Waals surface area contributed by atoms with E-state index in [1.54, 1.807) is 6.34 Å². The number of aryl methyl sites for hydroxylation is 2. The third kappa shape index (κ3) is 4.54. The van der Waals surface area contributed by atoms with Gasteiger partial charge in [-0.3, -0.25) is 0 Å². The van der Waals surface area contributed by atoms with Crippen LogP contribution in [0.3, 0.4) is 0 Å². The molecule has 6 heteroatoms. The van der Waals surface area contributed by atoms with Gasteiger partial charge in [0.25, 0.3) is 0 Å². The minimum atomic E-state index is -0.668. The second-order valence-electron chi connectivity index (χ2n) is 6.19. The van der Waals surface area contributed by atoms with Crippen LogP contribution in [-0.4, -0.2) is 24.4 Å². The average molecular weight is 345 g/mol. The summed E-state index contributed by atoms with van der Waals surface area (Å²) in [6, 6.07) is 6.84. The van der Waals surface area contributed by atoms with Crippen molar-refractivity contribution >= 4 is 12.0 Å². The van der Waals surface area contributed by atoms with E-state index < -0.39 is 11.6 Å². The Labute approximate surface area is 146 Å². The van der Waals surface area contributed by atoms with E-state index in [-0.39, 0.29) is 5.75 Å². The van der Waals surface area contributed by atoms with Crippen LogP contribution in [0.1, 0.15) is 24.0 Å². The van der Waals surface area contributed by atoms with Crippen LogP contribution >= 0.6 is 0 Å². The van der Waals surface area contributed by atoms with Crippen LogP contribution in [0.5, 0.6) is 11.5 Å². The van der Waals surface area contributed by atoms with Gasteiger partial charge in [0.15, 0.2) is 0 Å². The van der Waals surface area contributed by atoms with Crippen LogP contribution in [0.4, 0.5) is 14.5 Å². The molecular weight excluding hydrogens is 324 g/mol. The number of hydrazine groups is 1. The zero-order chi connectivity index (χ0) is 17.8. The fourth-order valence-electron chi connectivity index (χ4n) is 2.76. The first-order chi connectivity index (χ1) is 12.0. The minimum absolute atomic E-state index is 0.131. The summed E-state index contributed by atoms with van der Waals surface area (Å²) in [5.41, 5.74) is 5.74. The highest BCUT2D eigenvalue weighted by Gasteiger charge is 2.10. The van der Waals surface area contributed by atoms with Crippen molar-refractivity contribution in [2.24, 2.45) is 4.99 Å². The Hall–Kier alpha value is -2.47. The predicted octanol–water partition coefficient (Wildman–Crippen LogP) is 4.63. The molecule has 3 rings (SSSR count). The van der Waals surface area contributed by atoms with Crippen molar-refractivity contribution in [1.82, 2.24) is 10.4 Å². The number of hydrogen-bond donors (Lipinski definition) is 1. The summed E-state index contributed by atoms with van der Waals surface area (Å²) < 4.78 is 32.2. The summed E-state index contributed by atoms with van der Waals surface area (Å²) in [6.45, 7) is 5.85. The van der Waals surface area contributed by atoms with Gasteiger partial charge in [-0.15, -0.1) is 0 Å². The molecule has 1 saturated heterocycles. The van der Waals surface area contributed by atoms with Crippen molar-refractivity contribution < 1.29 is 13.5 Å². The number of rotatable bonds is 5. The van der Waals surface area contributed by atoms with Crippen LogP contribution in [0.15, 0.2) is 35.3 Å². The molecule has 0 amide bonds. The first kappa shape index (κ1) is 17.4. The Kier molecular flexibility index (Phi) is 5.28. The Morgan fingerprint density at radius 2 is 1.68 bits per heavy atom. The van der Waals surface area contributed by atoms with Gasteiger partial charge in [-0.25, -0.2) is 18.8 Å². The molecule has 0 saturated carbocycles. The van der Waals surface area contributed by atoms with Crippen molar-refractivity contribution in [3.63, 3.8) is 0 Å². The zero-order valence-corrected chi connectivity index (χ0v) is 14.4. The van der Waals surface area contributed by atoms with Crippen molar-refractivity contribution in [1.29, 1.82) is 0 Å². The van der Waals surface area contributed by atoms with Gasteiger partial charge >= 0.3 is 0 Å². The summed E-state index contributed by atoms with van der Waals surface area (Å²) in [5.74, 6) is -0.655. The average Bonchev–Trinajstić information content (AvgIpc) is 3.04. The van der Waals surface area contributed by atoms with Crippen LogP contribution in [0.25, 0.3) is 0 Å². The highest BCUT2D eigenvalue weighted by Crippen LogP contribution is 2.31. The lowest BCUT2D eigenvalue weighted by molar-refractivity contribution is 0.300. The number of aliphatic imine (C=N–C) groups is 1. The quantitative estimate of drug-likeness (QED) is 0.634. The maximum atomic E-state index is 13.3. The molecule has 2 aromatic carbocycles. The van der Waals surface area contributed by atoms with E-state index in [0.29, 0.717) is 5.75 Å². The molecule has 132 valence electrons. The smallest absolute Gasteiger partial charge is 0.133 e. The number of nitrogens with one attached hydrogen (secondary N) is 1. The maximum absolute atomic E-state index is 13.3. The van der Waals surface area contributed by atoms with Crippen LogP contribution in [0, 0.1) is 25.5 Å². The van der Waals surface area contributed by atoms with Gasteiger partial charge in [0.1, 0.15) is 29.5 Å². The van der Waals surface area contributed by atoms with Gasteiger partial charge in [0.05, 0.1) is 5.69 Å². The van der Waals surface area contributed by atoms with E-state index in [4.69, 9.17) is 4.74 Å². The maximum Gasteiger partial charge on any atom is 0.133 e. The van der Waals surface area contributed by atoms with Crippen molar-refractivity contribution in [2.45, 2.75) is 26.7 Å².